The average Bonchev–Trinajstić information content (AvgIpc) is 2.49. The zero-order valence-corrected chi connectivity index (χ0v) is 13.5. The molecule has 0 unspecified atom stereocenters. The van der Waals surface area contributed by atoms with Crippen LogP contribution < -0.4 is 4.90 Å². The Labute approximate surface area is 137 Å². The van der Waals surface area contributed by atoms with Gasteiger partial charge < -0.3 is 4.90 Å². The van der Waals surface area contributed by atoms with Crippen molar-refractivity contribution in [1.29, 1.82) is 5.26 Å². The summed E-state index contributed by atoms with van der Waals surface area (Å²) < 4.78 is 0. The van der Waals surface area contributed by atoms with E-state index < -0.39 is 0 Å². The Morgan fingerprint density at radius 2 is 2.13 bits per heavy atom. The number of aromatic nitrogens is 1. The van der Waals surface area contributed by atoms with Crippen LogP contribution in [0, 0.1) is 29.6 Å². The lowest BCUT2D eigenvalue weighted by Gasteiger charge is -2.60. The van der Waals surface area contributed by atoms with Gasteiger partial charge in [0.25, 0.3) is 0 Å². The van der Waals surface area contributed by atoms with Crippen molar-refractivity contribution in [2.75, 3.05) is 18.0 Å². The van der Waals surface area contributed by atoms with Gasteiger partial charge in [-0.3, -0.25) is 4.98 Å². The van der Waals surface area contributed by atoms with Crippen LogP contribution >= 0.6 is 0 Å². The van der Waals surface area contributed by atoms with E-state index in [2.05, 4.69) is 35.0 Å². The molecule has 1 aromatic heterocycles. The average molecular weight is 303 g/mol. The Kier molecular flexibility index (Phi) is 3.34. The van der Waals surface area contributed by atoms with Crippen LogP contribution in [0.25, 0.3) is 0 Å². The van der Waals surface area contributed by atoms with Gasteiger partial charge in [-0.05, 0) is 61.4 Å². The molecule has 1 aliphatic heterocycles. The van der Waals surface area contributed by atoms with E-state index in [0.717, 1.165) is 36.7 Å². The topological polar surface area (TPSA) is 39.9 Å². The molecule has 0 bridgehead atoms. The molecule has 0 atom stereocenters. The minimum Gasteiger partial charge on any atom is -0.369 e. The fourth-order valence-corrected chi connectivity index (χ4v) is 4.35. The summed E-state index contributed by atoms with van der Waals surface area (Å²) in [6.07, 6.45) is 7.61. The largest absolute Gasteiger partial charge is 0.369 e. The lowest BCUT2D eigenvalue weighted by molar-refractivity contribution is 0.0239. The van der Waals surface area contributed by atoms with Gasteiger partial charge in [0.1, 0.15) is 6.07 Å². The number of pyridine rings is 1. The summed E-state index contributed by atoms with van der Waals surface area (Å²) >= 11 is 0. The summed E-state index contributed by atoms with van der Waals surface area (Å²) in [5, 5.41) is 9.30. The number of anilines is 1. The van der Waals surface area contributed by atoms with Crippen molar-refractivity contribution in [2.24, 2.45) is 11.3 Å². The predicted octanol–water partition coefficient (Wildman–Crippen LogP) is 3.72. The second kappa shape index (κ2) is 5.38. The molecule has 3 nitrogen and oxygen atoms in total. The standard InChI is InChI=1S/C20H21N3/c1-15-4-5-18(11-21)19(7-15)23-13-20(14-23)9-17(10-20)8-16-3-2-6-22-12-16/h2-7,12,17H,8-10,13-14H2,1H3. The molecule has 2 aliphatic rings. The number of nitriles is 1. The number of hydrogen-bond acceptors (Lipinski definition) is 3. The van der Waals surface area contributed by atoms with Gasteiger partial charge in [0.15, 0.2) is 0 Å². The molecule has 1 saturated carbocycles. The maximum absolute atomic E-state index is 9.30. The molecule has 0 N–H and O–H groups in total. The molecule has 2 fully saturated rings. The highest BCUT2D eigenvalue weighted by Crippen LogP contribution is 2.54. The lowest BCUT2D eigenvalue weighted by Crippen LogP contribution is -2.62. The van der Waals surface area contributed by atoms with Crippen LogP contribution in [0.4, 0.5) is 5.69 Å². The van der Waals surface area contributed by atoms with Gasteiger partial charge >= 0.3 is 0 Å². The normalized spacial score (nSPS) is 19.0. The lowest BCUT2D eigenvalue weighted by atomic mass is 9.56. The first-order valence-electron chi connectivity index (χ1n) is 8.32. The van der Waals surface area contributed by atoms with E-state index in [9.17, 15) is 5.26 Å². The van der Waals surface area contributed by atoms with Crippen LogP contribution in [0.2, 0.25) is 0 Å². The van der Waals surface area contributed by atoms with E-state index in [-0.39, 0.29) is 0 Å². The SMILES string of the molecule is Cc1ccc(C#N)c(N2CC3(CC(Cc4cccnc4)C3)C2)c1. The first kappa shape index (κ1) is 14.3. The third-order valence-electron chi connectivity index (χ3n) is 5.36. The van der Waals surface area contributed by atoms with Crippen LogP contribution in [-0.2, 0) is 6.42 Å². The second-order valence-electron chi connectivity index (χ2n) is 7.33. The molecule has 1 spiro atoms. The smallest absolute Gasteiger partial charge is 0.101 e. The highest BCUT2D eigenvalue weighted by molar-refractivity contribution is 5.62. The van der Waals surface area contributed by atoms with E-state index in [1.165, 1.54) is 24.0 Å². The monoisotopic (exact) mass is 303 g/mol. The molecular weight excluding hydrogens is 282 g/mol. The van der Waals surface area contributed by atoms with E-state index in [1.807, 2.05) is 30.6 Å². The van der Waals surface area contributed by atoms with Gasteiger partial charge in [-0.25, -0.2) is 0 Å². The molecule has 116 valence electrons. The molecule has 3 heteroatoms. The highest BCUT2D eigenvalue weighted by Gasteiger charge is 2.52. The molecule has 2 aromatic rings. The molecule has 0 radical (unpaired) electrons. The molecular formula is C20H21N3. The molecule has 1 aromatic carbocycles. The van der Waals surface area contributed by atoms with Crippen molar-refractivity contribution in [2.45, 2.75) is 26.2 Å². The van der Waals surface area contributed by atoms with E-state index >= 15 is 0 Å². The second-order valence-corrected chi connectivity index (χ2v) is 7.33. The number of hydrogen-bond donors (Lipinski definition) is 0. The van der Waals surface area contributed by atoms with E-state index in [4.69, 9.17) is 0 Å². The van der Waals surface area contributed by atoms with Crippen molar-refractivity contribution >= 4 is 5.69 Å². The highest BCUT2D eigenvalue weighted by atomic mass is 15.2. The van der Waals surface area contributed by atoms with Gasteiger partial charge in [0.05, 0.1) is 11.3 Å². The zero-order chi connectivity index (χ0) is 15.9. The number of aryl methyl sites for hydroxylation is 1. The Bertz CT molecular complexity index is 746. The van der Waals surface area contributed by atoms with Crippen LogP contribution in [0.15, 0.2) is 42.7 Å². The Morgan fingerprint density at radius 1 is 1.30 bits per heavy atom. The van der Waals surface area contributed by atoms with Crippen LogP contribution in [-0.4, -0.2) is 18.1 Å². The van der Waals surface area contributed by atoms with Crippen LogP contribution in [0.3, 0.4) is 0 Å². The summed E-state index contributed by atoms with van der Waals surface area (Å²) in [7, 11) is 0. The fourth-order valence-electron chi connectivity index (χ4n) is 4.35. The first-order valence-corrected chi connectivity index (χ1v) is 8.32. The summed E-state index contributed by atoms with van der Waals surface area (Å²) in [6, 6.07) is 12.6. The Balaban J connectivity index is 1.36. The minimum atomic E-state index is 0.503. The van der Waals surface area contributed by atoms with Gasteiger partial charge in [-0.1, -0.05) is 12.1 Å². The number of benzene rings is 1. The van der Waals surface area contributed by atoms with Crippen molar-refractivity contribution in [3.63, 3.8) is 0 Å². The maximum Gasteiger partial charge on any atom is 0.101 e. The van der Waals surface area contributed by atoms with Crippen LogP contribution in [0.5, 0.6) is 0 Å². The third-order valence-corrected chi connectivity index (χ3v) is 5.36. The van der Waals surface area contributed by atoms with Crippen molar-refractivity contribution in [3.05, 3.63) is 59.4 Å². The zero-order valence-electron chi connectivity index (χ0n) is 13.5. The minimum absolute atomic E-state index is 0.503. The number of rotatable bonds is 3. The third kappa shape index (κ3) is 2.59. The summed E-state index contributed by atoms with van der Waals surface area (Å²) in [5.41, 5.74) is 5.01. The summed E-state index contributed by atoms with van der Waals surface area (Å²) in [5.74, 6) is 0.800. The quantitative estimate of drug-likeness (QED) is 0.867. The molecule has 1 aliphatic carbocycles. The molecule has 0 amide bonds. The predicted molar refractivity (Wildman–Crippen MR) is 91.2 cm³/mol. The Hall–Kier alpha value is -2.34. The van der Waals surface area contributed by atoms with Crippen molar-refractivity contribution in [3.8, 4) is 6.07 Å². The van der Waals surface area contributed by atoms with Gasteiger partial charge in [-0.15, -0.1) is 0 Å². The van der Waals surface area contributed by atoms with E-state index in [1.54, 1.807) is 0 Å². The van der Waals surface area contributed by atoms with Gasteiger partial charge in [0, 0.05) is 30.9 Å². The van der Waals surface area contributed by atoms with E-state index in [0.29, 0.717) is 5.41 Å². The summed E-state index contributed by atoms with van der Waals surface area (Å²) in [6.45, 7) is 4.30. The molecule has 23 heavy (non-hydrogen) atoms. The number of nitrogens with zero attached hydrogens (tertiary/aromatic N) is 3. The Morgan fingerprint density at radius 3 is 2.83 bits per heavy atom. The van der Waals surface area contributed by atoms with Gasteiger partial charge in [0.2, 0.25) is 0 Å². The van der Waals surface area contributed by atoms with Crippen molar-refractivity contribution < 1.29 is 0 Å². The fraction of sp³-hybridized carbons (Fsp3) is 0.400. The molecule has 4 rings (SSSR count). The summed E-state index contributed by atoms with van der Waals surface area (Å²) in [4.78, 5) is 6.59. The first-order chi connectivity index (χ1) is 11.2. The van der Waals surface area contributed by atoms with Crippen LogP contribution in [0.1, 0.15) is 29.5 Å². The molecule has 2 heterocycles. The maximum atomic E-state index is 9.30. The van der Waals surface area contributed by atoms with Gasteiger partial charge in [-0.2, -0.15) is 5.26 Å². The molecule has 1 saturated heterocycles. The van der Waals surface area contributed by atoms with Crippen molar-refractivity contribution in [1.82, 2.24) is 4.98 Å².